The van der Waals surface area contributed by atoms with E-state index >= 15 is 0 Å². The van der Waals surface area contributed by atoms with Crippen LogP contribution in [0.25, 0.3) is 0 Å². The maximum atomic E-state index is 10.3. The van der Waals surface area contributed by atoms with E-state index in [1.807, 2.05) is 0 Å². The van der Waals surface area contributed by atoms with Crippen molar-refractivity contribution in [3.63, 3.8) is 0 Å². The zero-order valence-corrected chi connectivity index (χ0v) is 11.3. The van der Waals surface area contributed by atoms with Crippen LogP contribution >= 0.6 is 0 Å². The van der Waals surface area contributed by atoms with Gasteiger partial charge in [-0.05, 0) is 12.3 Å². The van der Waals surface area contributed by atoms with Gasteiger partial charge in [-0.1, -0.05) is 65.2 Å². The summed E-state index contributed by atoms with van der Waals surface area (Å²) in [6.07, 6.45) is 8.73. The first-order valence-corrected chi connectivity index (χ1v) is 6.95. The Morgan fingerprint density at radius 2 is 1.29 bits per heavy atom. The minimum absolute atomic E-state index is 0.392. The number of carboxylic acids is 1. The molecule has 102 valence electrons. The second kappa shape index (κ2) is 10.6. The lowest BCUT2D eigenvalue weighted by atomic mass is 10.0. The Kier molecular flexibility index (Phi) is 10.2. The summed E-state index contributed by atoms with van der Waals surface area (Å²) in [6.45, 7) is 4.52. The fourth-order valence-electron chi connectivity index (χ4n) is 1.90. The van der Waals surface area contributed by atoms with Gasteiger partial charge in [0.25, 0.3) is 0 Å². The Hall–Kier alpha value is -0.570. The molecule has 0 heterocycles. The Balaban J connectivity index is 3.11. The number of aliphatic hydroxyl groups is 1. The lowest BCUT2D eigenvalue weighted by Crippen LogP contribution is -2.18. The zero-order chi connectivity index (χ0) is 13.1. The van der Waals surface area contributed by atoms with Gasteiger partial charge in [-0.25, -0.2) is 4.79 Å². The Morgan fingerprint density at radius 1 is 0.882 bits per heavy atom. The molecule has 3 heteroatoms. The van der Waals surface area contributed by atoms with Gasteiger partial charge in [-0.3, -0.25) is 0 Å². The second-order valence-electron chi connectivity index (χ2n) is 5.30. The lowest BCUT2D eigenvalue weighted by molar-refractivity contribution is -0.146. The molecule has 0 aromatic heterocycles. The number of hydrogen-bond donors (Lipinski definition) is 2. The maximum absolute atomic E-state index is 10.3. The van der Waals surface area contributed by atoms with Gasteiger partial charge in [0, 0.05) is 0 Å². The van der Waals surface area contributed by atoms with Gasteiger partial charge in [0.15, 0.2) is 6.10 Å². The van der Waals surface area contributed by atoms with Crippen molar-refractivity contribution in [2.75, 3.05) is 0 Å². The van der Waals surface area contributed by atoms with E-state index < -0.39 is 12.1 Å². The largest absolute Gasteiger partial charge is 0.479 e. The van der Waals surface area contributed by atoms with Crippen molar-refractivity contribution in [1.29, 1.82) is 0 Å². The van der Waals surface area contributed by atoms with E-state index in [0.29, 0.717) is 6.42 Å². The standard InChI is InChI=1S/C14H28O3/c1-12(2)10-8-6-4-3-5-7-9-11-13(15)14(16)17/h12-13,15H,3-11H2,1-2H3,(H,16,17). The minimum atomic E-state index is -1.17. The maximum Gasteiger partial charge on any atom is 0.332 e. The predicted molar refractivity (Wildman–Crippen MR) is 70.0 cm³/mol. The lowest BCUT2D eigenvalue weighted by Gasteiger charge is -2.06. The SMILES string of the molecule is CC(C)CCCCCCCCCC(O)C(=O)O. The molecule has 0 fully saturated rings. The fraction of sp³-hybridized carbons (Fsp3) is 0.929. The summed E-state index contributed by atoms with van der Waals surface area (Å²) in [4.78, 5) is 10.3. The molecule has 1 unspecified atom stereocenters. The molecule has 0 aliphatic rings. The molecule has 0 aliphatic carbocycles. The molecule has 2 N–H and O–H groups in total. The van der Waals surface area contributed by atoms with Crippen molar-refractivity contribution in [2.45, 2.75) is 77.7 Å². The number of carbonyl (C=O) groups is 1. The zero-order valence-electron chi connectivity index (χ0n) is 11.3. The molecular weight excluding hydrogens is 216 g/mol. The fourth-order valence-corrected chi connectivity index (χ4v) is 1.90. The van der Waals surface area contributed by atoms with E-state index in [9.17, 15) is 4.79 Å². The Morgan fingerprint density at radius 3 is 1.71 bits per heavy atom. The molecule has 0 bridgehead atoms. The molecule has 0 spiro atoms. The highest BCUT2D eigenvalue weighted by molar-refractivity contribution is 5.71. The highest BCUT2D eigenvalue weighted by atomic mass is 16.4. The quantitative estimate of drug-likeness (QED) is 0.546. The van der Waals surface area contributed by atoms with Crippen LogP contribution in [0.3, 0.4) is 0 Å². The third kappa shape index (κ3) is 11.7. The number of aliphatic carboxylic acids is 1. The van der Waals surface area contributed by atoms with Crippen molar-refractivity contribution < 1.29 is 15.0 Å². The van der Waals surface area contributed by atoms with E-state index in [1.165, 1.54) is 32.1 Å². The molecule has 0 saturated carbocycles. The van der Waals surface area contributed by atoms with E-state index in [4.69, 9.17) is 10.2 Å². The summed E-state index contributed by atoms with van der Waals surface area (Å²) in [6, 6.07) is 0. The first-order chi connectivity index (χ1) is 8.04. The molecule has 0 aliphatic heterocycles. The number of carboxylic acid groups (broad SMARTS) is 1. The van der Waals surface area contributed by atoms with Gasteiger partial charge in [0.1, 0.15) is 0 Å². The molecule has 0 rings (SSSR count). The first-order valence-electron chi connectivity index (χ1n) is 6.95. The van der Waals surface area contributed by atoms with Gasteiger partial charge in [-0.15, -0.1) is 0 Å². The third-order valence-corrected chi connectivity index (χ3v) is 3.04. The van der Waals surface area contributed by atoms with Crippen LogP contribution in [0.2, 0.25) is 0 Å². The van der Waals surface area contributed by atoms with Crippen LogP contribution in [0.4, 0.5) is 0 Å². The van der Waals surface area contributed by atoms with Crippen LogP contribution in [0.5, 0.6) is 0 Å². The minimum Gasteiger partial charge on any atom is -0.479 e. The third-order valence-electron chi connectivity index (χ3n) is 3.04. The molecule has 0 amide bonds. The molecule has 0 saturated heterocycles. The highest BCUT2D eigenvalue weighted by Crippen LogP contribution is 2.13. The second-order valence-corrected chi connectivity index (χ2v) is 5.30. The molecule has 1 atom stereocenters. The van der Waals surface area contributed by atoms with Crippen molar-refractivity contribution >= 4 is 5.97 Å². The number of rotatable bonds is 11. The monoisotopic (exact) mass is 244 g/mol. The summed E-state index contributed by atoms with van der Waals surface area (Å²) in [7, 11) is 0. The average Bonchev–Trinajstić information content (AvgIpc) is 2.25. The topological polar surface area (TPSA) is 57.5 Å². The molecule has 0 radical (unpaired) electrons. The number of unbranched alkanes of at least 4 members (excludes halogenated alkanes) is 6. The smallest absolute Gasteiger partial charge is 0.332 e. The summed E-state index contributed by atoms with van der Waals surface area (Å²) >= 11 is 0. The van der Waals surface area contributed by atoms with E-state index in [1.54, 1.807) is 0 Å². The van der Waals surface area contributed by atoms with Gasteiger partial charge < -0.3 is 10.2 Å². The molecule has 3 nitrogen and oxygen atoms in total. The summed E-state index contributed by atoms with van der Waals surface area (Å²) in [5.74, 6) is -0.286. The Bertz CT molecular complexity index is 190. The summed E-state index contributed by atoms with van der Waals surface area (Å²) in [5.41, 5.74) is 0. The molecule has 0 aromatic carbocycles. The van der Waals surface area contributed by atoms with Crippen molar-refractivity contribution in [3.05, 3.63) is 0 Å². The van der Waals surface area contributed by atoms with Gasteiger partial charge in [0.05, 0.1) is 0 Å². The van der Waals surface area contributed by atoms with Crippen molar-refractivity contribution in [2.24, 2.45) is 5.92 Å². The number of aliphatic hydroxyl groups excluding tert-OH is 1. The van der Waals surface area contributed by atoms with Crippen LogP contribution in [-0.4, -0.2) is 22.3 Å². The van der Waals surface area contributed by atoms with Gasteiger partial charge in [0.2, 0.25) is 0 Å². The van der Waals surface area contributed by atoms with Crippen LogP contribution in [0.15, 0.2) is 0 Å². The summed E-state index contributed by atoms with van der Waals surface area (Å²) < 4.78 is 0. The van der Waals surface area contributed by atoms with Crippen LogP contribution in [0, 0.1) is 5.92 Å². The predicted octanol–water partition coefficient (Wildman–Crippen LogP) is 3.60. The van der Waals surface area contributed by atoms with Crippen molar-refractivity contribution in [1.82, 2.24) is 0 Å². The van der Waals surface area contributed by atoms with Crippen molar-refractivity contribution in [3.8, 4) is 0 Å². The molecule has 17 heavy (non-hydrogen) atoms. The average molecular weight is 244 g/mol. The van der Waals surface area contributed by atoms with Crippen LogP contribution < -0.4 is 0 Å². The van der Waals surface area contributed by atoms with E-state index in [2.05, 4.69) is 13.8 Å². The molecular formula is C14H28O3. The van der Waals surface area contributed by atoms with E-state index in [0.717, 1.165) is 25.2 Å². The normalized spacial score (nSPS) is 12.9. The van der Waals surface area contributed by atoms with E-state index in [-0.39, 0.29) is 0 Å². The first kappa shape index (κ1) is 16.4. The van der Waals surface area contributed by atoms with Crippen LogP contribution in [0.1, 0.15) is 71.6 Å². The number of hydrogen-bond acceptors (Lipinski definition) is 2. The summed E-state index contributed by atoms with van der Waals surface area (Å²) in [5, 5.41) is 17.5. The molecule has 0 aromatic rings. The van der Waals surface area contributed by atoms with Crippen LogP contribution in [-0.2, 0) is 4.79 Å². The van der Waals surface area contributed by atoms with Gasteiger partial charge >= 0.3 is 5.97 Å². The Labute approximate surface area is 105 Å². The van der Waals surface area contributed by atoms with Gasteiger partial charge in [-0.2, -0.15) is 0 Å². The highest BCUT2D eigenvalue weighted by Gasteiger charge is 2.11.